The molecule has 0 saturated carbocycles. The second-order valence-corrected chi connectivity index (χ2v) is 9.78. The van der Waals surface area contributed by atoms with Gasteiger partial charge in [0.05, 0.1) is 6.54 Å². The molecule has 2 amide bonds. The lowest BCUT2D eigenvalue weighted by Gasteiger charge is -2.35. The maximum Gasteiger partial charge on any atom is 0.410 e. The minimum Gasteiger partial charge on any atom is -0.444 e. The summed E-state index contributed by atoms with van der Waals surface area (Å²) in [7, 11) is 0. The molecule has 0 aliphatic carbocycles. The van der Waals surface area contributed by atoms with Gasteiger partial charge in [0.2, 0.25) is 0 Å². The van der Waals surface area contributed by atoms with E-state index in [4.69, 9.17) is 9.73 Å². The number of carbonyl (C=O) groups excluding carboxylic acids is 2. The molecule has 3 heterocycles. The van der Waals surface area contributed by atoms with Crippen molar-refractivity contribution in [2.75, 3.05) is 18.8 Å². The smallest absolute Gasteiger partial charge is 0.410 e. The third kappa shape index (κ3) is 4.58. The lowest BCUT2D eigenvalue weighted by molar-refractivity contribution is 0.0282. The number of likely N-dealkylation sites (tertiary alicyclic amines) is 1. The summed E-state index contributed by atoms with van der Waals surface area (Å²) in [5, 5.41) is 3.50. The molecule has 1 fully saturated rings. The number of hydrogen-bond donors (Lipinski definition) is 1. The van der Waals surface area contributed by atoms with E-state index >= 15 is 0 Å². The van der Waals surface area contributed by atoms with E-state index in [2.05, 4.69) is 10.3 Å². The summed E-state index contributed by atoms with van der Waals surface area (Å²) in [6.07, 6.45) is 3.16. The van der Waals surface area contributed by atoms with E-state index in [1.165, 1.54) is 11.8 Å². The van der Waals surface area contributed by atoms with E-state index in [-0.39, 0.29) is 17.9 Å². The van der Waals surface area contributed by atoms with Crippen LogP contribution in [0.5, 0.6) is 0 Å². The number of pyridine rings is 1. The first-order valence-electron chi connectivity index (χ1n) is 10.2. The molecule has 1 aromatic heterocycles. The van der Waals surface area contributed by atoms with Gasteiger partial charge in [0.25, 0.3) is 5.91 Å². The van der Waals surface area contributed by atoms with E-state index in [1.807, 2.05) is 51.1 Å². The summed E-state index contributed by atoms with van der Waals surface area (Å²) in [5.41, 5.74) is 0.262. The van der Waals surface area contributed by atoms with Gasteiger partial charge in [0.15, 0.2) is 5.17 Å². The number of ether oxygens (including phenoxy) is 1. The summed E-state index contributed by atoms with van der Waals surface area (Å²) >= 11 is 1.50. The summed E-state index contributed by atoms with van der Waals surface area (Å²) in [6, 6.07) is 12.9. The van der Waals surface area contributed by atoms with Gasteiger partial charge < -0.3 is 15.0 Å². The van der Waals surface area contributed by atoms with Crippen molar-refractivity contribution in [2.24, 2.45) is 10.9 Å². The zero-order valence-electron chi connectivity index (χ0n) is 17.9. The average Bonchev–Trinajstić information content (AvgIpc) is 3.14. The van der Waals surface area contributed by atoms with E-state index in [0.29, 0.717) is 23.8 Å². The van der Waals surface area contributed by atoms with Gasteiger partial charge in [-0.1, -0.05) is 36.0 Å². The molecule has 2 atom stereocenters. The lowest BCUT2D eigenvalue weighted by Crippen LogP contribution is -2.43. The zero-order valence-corrected chi connectivity index (χ0v) is 18.7. The van der Waals surface area contributed by atoms with Gasteiger partial charge in [-0.15, -0.1) is 0 Å². The Labute approximate surface area is 186 Å². The maximum absolute atomic E-state index is 12.8. The molecular weight excluding hydrogens is 412 g/mol. The van der Waals surface area contributed by atoms with Crippen LogP contribution in [0.25, 0.3) is 0 Å². The molecule has 1 saturated heterocycles. The summed E-state index contributed by atoms with van der Waals surface area (Å²) in [5.74, 6) is 0.613. The standard InChI is InChI=1S/C23H26N4O3S/c1-22(2,3)30-21(29)27-13-18-14-31-20(25-19(28)16-8-5-4-6-9-16)26-23(18,15-27)17-10-7-11-24-12-17/h4-12,18H,13-15H2,1-3H3,(H,25,26,28)/t18-,23+/m0/s1. The average molecular weight is 439 g/mol. The molecule has 4 rings (SSSR count). The molecular formula is C23H26N4O3S. The number of benzene rings is 1. The molecule has 1 N–H and O–H groups in total. The second kappa shape index (κ2) is 8.34. The zero-order chi connectivity index (χ0) is 22.1. The topological polar surface area (TPSA) is 83.9 Å². The molecule has 0 spiro atoms. The Kier molecular flexibility index (Phi) is 5.75. The van der Waals surface area contributed by atoms with Crippen LogP contribution in [0.15, 0.2) is 59.9 Å². The Morgan fingerprint density at radius 1 is 1.19 bits per heavy atom. The number of nitrogens with one attached hydrogen (secondary N) is 1. The molecule has 0 bridgehead atoms. The van der Waals surface area contributed by atoms with Gasteiger partial charge in [-0.2, -0.15) is 0 Å². The molecule has 2 aliphatic rings. The third-order valence-electron chi connectivity index (χ3n) is 5.34. The quantitative estimate of drug-likeness (QED) is 0.773. The van der Waals surface area contributed by atoms with Crippen molar-refractivity contribution in [3.05, 3.63) is 66.0 Å². The SMILES string of the molecule is CC(C)(C)OC(=O)N1C[C@H]2CSC(NC(=O)c3ccccc3)=N[C@@]2(c2cccnc2)C1. The molecule has 7 nitrogen and oxygen atoms in total. The number of rotatable bonds is 2. The van der Waals surface area contributed by atoms with E-state index < -0.39 is 11.1 Å². The van der Waals surface area contributed by atoms with Crippen LogP contribution in [0.2, 0.25) is 0 Å². The Bertz CT molecular complexity index is 991. The fraction of sp³-hybridized carbons (Fsp3) is 0.391. The first kappa shape index (κ1) is 21.4. The minimum absolute atomic E-state index is 0.0894. The second-order valence-electron chi connectivity index (χ2n) is 8.77. The number of carbonyl (C=O) groups is 2. The van der Waals surface area contributed by atoms with Gasteiger partial charge in [0.1, 0.15) is 11.1 Å². The van der Waals surface area contributed by atoms with Crippen LogP contribution >= 0.6 is 11.8 Å². The van der Waals surface area contributed by atoms with Crippen molar-refractivity contribution in [3.8, 4) is 0 Å². The number of amidine groups is 1. The third-order valence-corrected chi connectivity index (χ3v) is 6.38. The van der Waals surface area contributed by atoms with Crippen molar-refractivity contribution in [1.29, 1.82) is 0 Å². The number of thioether (sulfide) groups is 1. The predicted molar refractivity (Wildman–Crippen MR) is 121 cm³/mol. The highest BCUT2D eigenvalue weighted by molar-refractivity contribution is 8.13. The molecule has 8 heteroatoms. The van der Waals surface area contributed by atoms with Crippen LogP contribution in [0, 0.1) is 5.92 Å². The number of amides is 2. The van der Waals surface area contributed by atoms with Gasteiger partial charge in [-0.3, -0.25) is 9.78 Å². The Hall–Kier alpha value is -2.87. The number of aromatic nitrogens is 1. The highest BCUT2D eigenvalue weighted by Gasteiger charge is 2.52. The van der Waals surface area contributed by atoms with E-state index in [1.54, 1.807) is 29.4 Å². The van der Waals surface area contributed by atoms with E-state index in [9.17, 15) is 9.59 Å². The maximum atomic E-state index is 12.8. The Morgan fingerprint density at radius 2 is 1.97 bits per heavy atom. The Morgan fingerprint density at radius 3 is 2.65 bits per heavy atom. The normalized spacial score (nSPS) is 23.0. The molecule has 0 radical (unpaired) electrons. The lowest BCUT2D eigenvalue weighted by atomic mass is 9.83. The Balaban J connectivity index is 1.64. The van der Waals surface area contributed by atoms with Gasteiger partial charge in [-0.25, -0.2) is 9.79 Å². The van der Waals surface area contributed by atoms with Crippen molar-refractivity contribution in [1.82, 2.24) is 15.2 Å². The molecule has 1 aromatic carbocycles. The van der Waals surface area contributed by atoms with Crippen molar-refractivity contribution < 1.29 is 14.3 Å². The fourth-order valence-electron chi connectivity index (χ4n) is 3.91. The number of hydrogen-bond acceptors (Lipinski definition) is 6. The van der Waals surface area contributed by atoms with Crippen molar-refractivity contribution >= 4 is 28.9 Å². The largest absolute Gasteiger partial charge is 0.444 e. The monoisotopic (exact) mass is 438 g/mol. The first-order chi connectivity index (χ1) is 14.8. The van der Waals surface area contributed by atoms with Crippen molar-refractivity contribution in [3.63, 3.8) is 0 Å². The van der Waals surface area contributed by atoms with Gasteiger partial charge >= 0.3 is 6.09 Å². The van der Waals surface area contributed by atoms with Crippen LogP contribution in [0.3, 0.4) is 0 Å². The van der Waals surface area contributed by atoms with Crippen molar-refractivity contribution in [2.45, 2.75) is 31.9 Å². The summed E-state index contributed by atoms with van der Waals surface area (Å²) in [4.78, 5) is 36.5. The first-order valence-corrected chi connectivity index (χ1v) is 11.2. The number of aliphatic imine (C=N–C) groups is 1. The molecule has 162 valence electrons. The van der Waals surface area contributed by atoms with Crippen LogP contribution in [0.1, 0.15) is 36.7 Å². The molecule has 0 unspecified atom stereocenters. The van der Waals surface area contributed by atoms with Crippen LogP contribution in [0.4, 0.5) is 4.79 Å². The molecule has 2 aliphatic heterocycles. The predicted octanol–water partition coefficient (Wildman–Crippen LogP) is 3.68. The minimum atomic E-state index is -0.671. The highest BCUT2D eigenvalue weighted by Crippen LogP contribution is 2.45. The molecule has 2 aromatic rings. The van der Waals surface area contributed by atoms with Crippen LogP contribution in [-0.4, -0.2) is 51.5 Å². The summed E-state index contributed by atoms with van der Waals surface area (Å²) in [6.45, 7) is 6.49. The summed E-state index contributed by atoms with van der Waals surface area (Å²) < 4.78 is 5.60. The highest BCUT2D eigenvalue weighted by atomic mass is 32.2. The van der Waals surface area contributed by atoms with Crippen LogP contribution < -0.4 is 5.32 Å². The van der Waals surface area contributed by atoms with Gasteiger partial charge in [0, 0.05) is 41.7 Å². The molecule has 31 heavy (non-hydrogen) atoms. The van der Waals surface area contributed by atoms with E-state index in [0.717, 1.165) is 11.3 Å². The van der Waals surface area contributed by atoms with Gasteiger partial charge in [-0.05, 0) is 39.0 Å². The number of fused-ring (bicyclic) bond motifs is 1. The fourth-order valence-corrected chi connectivity index (χ4v) is 5.04. The van der Waals surface area contributed by atoms with Crippen LogP contribution in [-0.2, 0) is 10.3 Å². The number of nitrogens with zero attached hydrogens (tertiary/aromatic N) is 3.